The first kappa shape index (κ1) is 15.5. The number of carbonyl (C=O) groups excluding carboxylic acids is 2. The first-order chi connectivity index (χ1) is 8.63. The Morgan fingerprint density at radius 3 is 2.26 bits per heavy atom. The summed E-state index contributed by atoms with van der Waals surface area (Å²) < 4.78 is 25.4. The summed E-state index contributed by atoms with van der Waals surface area (Å²) in [7, 11) is -2.35. The summed E-state index contributed by atoms with van der Waals surface area (Å²) in [4.78, 5) is 23.2. The minimum Gasteiger partial charge on any atom is -0.298 e. The molecule has 0 aliphatic heterocycles. The van der Waals surface area contributed by atoms with Crippen LogP contribution in [0.4, 0.5) is 0 Å². The lowest BCUT2D eigenvalue weighted by molar-refractivity contribution is 0.0854. The number of Topliss-reactive ketones (excluding diaryl/α,β-unsaturated/α-hetero) is 1. The van der Waals surface area contributed by atoms with Gasteiger partial charge < -0.3 is 0 Å². The number of sulfonamides is 1. The van der Waals surface area contributed by atoms with Crippen molar-refractivity contribution in [2.75, 3.05) is 7.05 Å². The molecule has 0 saturated heterocycles. The molecule has 104 valence electrons. The Bertz CT molecular complexity index is 612. The summed E-state index contributed by atoms with van der Waals surface area (Å²) in [6, 6.07) is 3.90. The number of hydrogen-bond acceptors (Lipinski definition) is 4. The van der Waals surface area contributed by atoms with E-state index in [1.165, 1.54) is 25.2 Å². The van der Waals surface area contributed by atoms with Crippen LogP contribution in [0, 0.1) is 5.41 Å². The van der Waals surface area contributed by atoms with Gasteiger partial charge in [-0.15, -0.1) is 0 Å². The van der Waals surface area contributed by atoms with Gasteiger partial charge in [-0.3, -0.25) is 9.59 Å². The van der Waals surface area contributed by atoms with E-state index in [9.17, 15) is 18.0 Å². The molecule has 0 unspecified atom stereocenters. The van der Waals surface area contributed by atoms with Crippen molar-refractivity contribution in [1.29, 1.82) is 0 Å². The first-order valence-electron chi connectivity index (χ1n) is 5.71. The molecule has 6 heteroatoms. The fourth-order valence-electron chi connectivity index (χ4n) is 1.53. The Morgan fingerprint density at radius 2 is 1.84 bits per heavy atom. The highest BCUT2D eigenvalue weighted by Gasteiger charge is 2.26. The van der Waals surface area contributed by atoms with E-state index in [2.05, 4.69) is 4.72 Å². The monoisotopic (exact) mass is 283 g/mol. The maximum absolute atomic E-state index is 12.2. The zero-order valence-corrected chi connectivity index (χ0v) is 12.2. The van der Waals surface area contributed by atoms with Crippen molar-refractivity contribution in [2.45, 2.75) is 25.7 Å². The lowest BCUT2D eigenvalue weighted by Gasteiger charge is -2.18. The molecule has 0 amide bonds. The highest BCUT2D eigenvalue weighted by molar-refractivity contribution is 7.89. The van der Waals surface area contributed by atoms with Crippen molar-refractivity contribution in [3.05, 3.63) is 29.3 Å². The summed E-state index contributed by atoms with van der Waals surface area (Å²) in [5, 5.41) is 0. The second kappa shape index (κ2) is 5.22. The van der Waals surface area contributed by atoms with Gasteiger partial charge in [-0.25, -0.2) is 13.1 Å². The van der Waals surface area contributed by atoms with Gasteiger partial charge in [-0.2, -0.15) is 0 Å². The highest BCUT2D eigenvalue weighted by Crippen LogP contribution is 2.24. The molecular formula is C13H17NO4S. The Kier molecular flexibility index (Phi) is 4.27. The molecule has 0 radical (unpaired) electrons. The van der Waals surface area contributed by atoms with E-state index < -0.39 is 15.4 Å². The number of rotatable bonds is 4. The SMILES string of the molecule is CNS(=O)(=O)c1ccc(C(=O)C(C)(C)C)c(C=O)c1. The van der Waals surface area contributed by atoms with Gasteiger partial charge in [-0.1, -0.05) is 20.8 Å². The summed E-state index contributed by atoms with van der Waals surface area (Å²) >= 11 is 0. The van der Waals surface area contributed by atoms with E-state index >= 15 is 0 Å². The molecule has 0 fully saturated rings. The molecule has 1 N–H and O–H groups in total. The maximum Gasteiger partial charge on any atom is 0.240 e. The first-order valence-corrected chi connectivity index (χ1v) is 7.19. The predicted octanol–water partition coefficient (Wildman–Crippen LogP) is 1.64. The number of benzene rings is 1. The summed E-state index contributed by atoms with van der Waals surface area (Å²) in [6.45, 7) is 5.21. The van der Waals surface area contributed by atoms with Gasteiger partial charge in [0.2, 0.25) is 10.0 Å². The van der Waals surface area contributed by atoms with E-state index in [1.807, 2.05) is 0 Å². The van der Waals surface area contributed by atoms with Gasteiger partial charge in [-0.05, 0) is 25.2 Å². The Balaban J connectivity index is 3.42. The maximum atomic E-state index is 12.2. The van der Waals surface area contributed by atoms with Crippen LogP contribution in [0.25, 0.3) is 0 Å². The third-order valence-electron chi connectivity index (χ3n) is 2.65. The van der Waals surface area contributed by atoms with E-state index in [0.29, 0.717) is 6.29 Å². The Hall–Kier alpha value is -1.53. The number of aldehydes is 1. The van der Waals surface area contributed by atoms with Gasteiger partial charge in [0.25, 0.3) is 0 Å². The average molecular weight is 283 g/mol. The van der Waals surface area contributed by atoms with E-state index in [4.69, 9.17) is 0 Å². The third-order valence-corrected chi connectivity index (χ3v) is 4.07. The second-order valence-corrected chi connectivity index (χ2v) is 7.04. The van der Waals surface area contributed by atoms with E-state index in [0.717, 1.165) is 0 Å². The number of ketones is 1. The summed E-state index contributed by atoms with van der Waals surface area (Å²) in [5.74, 6) is -0.206. The molecule has 0 aliphatic carbocycles. The third kappa shape index (κ3) is 3.27. The lowest BCUT2D eigenvalue weighted by atomic mass is 9.85. The van der Waals surface area contributed by atoms with E-state index in [1.54, 1.807) is 20.8 Å². The van der Waals surface area contributed by atoms with Crippen LogP contribution in [0.3, 0.4) is 0 Å². The number of nitrogens with one attached hydrogen (secondary N) is 1. The molecule has 0 aliphatic rings. The quantitative estimate of drug-likeness (QED) is 0.673. The van der Waals surface area contributed by atoms with Crippen LogP contribution >= 0.6 is 0 Å². The van der Waals surface area contributed by atoms with Crippen LogP contribution in [-0.2, 0) is 10.0 Å². The van der Waals surface area contributed by atoms with Crippen LogP contribution in [0.1, 0.15) is 41.5 Å². The second-order valence-electron chi connectivity index (χ2n) is 5.15. The van der Waals surface area contributed by atoms with Gasteiger partial charge in [0.15, 0.2) is 12.1 Å². The molecule has 0 saturated carbocycles. The van der Waals surface area contributed by atoms with Crippen LogP contribution in [0.2, 0.25) is 0 Å². The average Bonchev–Trinajstić information content (AvgIpc) is 2.35. The zero-order chi connectivity index (χ0) is 14.8. The molecule has 0 heterocycles. The largest absolute Gasteiger partial charge is 0.298 e. The van der Waals surface area contributed by atoms with Gasteiger partial charge in [0, 0.05) is 16.5 Å². The summed E-state index contributed by atoms with van der Waals surface area (Å²) in [5.41, 5.74) is -0.324. The zero-order valence-electron chi connectivity index (χ0n) is 11.4. The smallest absolute Gasteiger partial charge is 0.240 e. The fraction of sp³-hybridized carbons (Fsp3) is 0.385. The molecule has 1 aromatic carbocycles. The fourth-order valence-corrected chi connectivity index (χ4v) is 2.30. The van der Waals surface area contributed by atoms with Gasteiger partial charge in [0.05, 0.1) is 4.90 Å². The van der Waals surface area contributed by atoms with Gasteiger partial charge >= 0.3 is 0 Å². The molecule has 19 heavy (non-hydrogen) atoms. The predicted molar refractivity (Wildman–Crippen MR) is 71.9 cm³/mol. The van der Waals surface area contributed by atoms with Crippen molar-refractivity contribution in [3.8, 4) is 0 Å². The minimum absolute atomic E-state index is 0.0393. The van der Waals surface area contributed by atoms with Crippen LogP contribution in [0.15, 0.2) is 23.1 Å². The molecule has 1 rings (SSSR count). The molecular weight excluding hydrogens is 266 g/mol. The van der Waals surface area contributed by atoms with Gasteiger partial charge in [0.1, 0.15) is 0 Å². The van der Waals surface area contributed by atoms with Crippen molar-refractivity contribution >= 4 is 22.1 Å². The van der Waals surface area contributed by atoms with Crippen molar-refractivity contribution < 1.29 is 18.0 Å². The molecule has 0 bridgehead atoms. The minimum atomic E-state index is -3.63. The Morgan fingerprint density at radius 1 is 1.26 bits per heavy atom. The normalized spacial score (nSPS) is 12.2. The Labute approximate surface area is 113 Å². The molecule has 0 atom stereocenters. The number of hydrogen-bond donors (Lipinski definition) is 1. The topological polar surface area (TPSA) is 80.3 Å². The molecule has 0 aromatic heterocycles. The van der Waals surface area contributed by atoms with Crippen molar-refractivity contribution in [2.24, 2.45) is 5.41 Å². The standard InChI is InChI=1S/C13H17NO4S/c1-13(2,3)12(16)11-6-5-10(7-9(11)8-15)19(17,18)14-4/h5-8,14H,1-4H3. The highest BCUT2D eigenvalue weighted by atomic mass is 32.2. The van der Waals surface area contributed by atoms with Crippen LogP contribution in [0.5, 0.6) is 0 Å². The lowest BCUT2D eigenvalue weighted by Crippen LogP contribution is -2.23. The molecule has 1 aromatic rings. The summed E-state index contributed by atoms with van der Waals surface area (Å²) in [6.07, 6.45) is 0.494. The molecule has 0 spiro atoms. The molecule has 5 nitrogen and oxygen atoms in total. The van der Waals surface area contributed by atoms with Crippen LogP contribution in [-0.4, -0.2) is 27.5 Å². The van der Waals surface area contributed by atoms with Crippen molar-refractivity contribution in [3.63, 3.8) is 0 Å². The van der Waals surface area contributed by atoms with E-state index in [-0.39, 0.29) is 21.8 Å². The van der Waals surface area contributed by atoms with Crippen molar-refractivity contribution in [1.82, 2.24) is 4.72 Å². The van der Waals surface area contributed by atoms with Crippen LogP contribution < -0.4 is 4.72 Å². The number of carbonyl (C=O) groups is 2.